The van der Waals surface area contributed by atoms with Crippen molar-refractivity contribution >= 4 is 5.97 Å². The van der Waals surface area contributed by atoms with Crippen LogP contribution >= 0.6 is 0 Å². The summed E-state index contributed by atoms with van der Waals surface area (Å²) >= 11 is 0. The first-order valence-corrected chi connectivity index (χ1v) is 11.7. The van der Waals surface area contributed by atoms with Crippen molar-refractivity contribution in [1.29, 1.82) is 0 Å². The number of benzene rings is 2. The highest BCUT2D eigenvalue weighted by Gasteiger charge is 2.41. The number of aromatic hydroxyl groups is 1. The Morgan fingerprint density at radius 3 is 2.61 bits per heavy atom. The Bertz CT molecular complexity index is 1050. The van der Waals surface area contributed by atoms with E-state index in [1.165, 1.54) is 0 Å². The maximum absolute atomic E-state index is 12.7. The molecule has 0 saturated carbocycles. The highest BCUT2D eigenvalue weighted by Crippen LogP contribution is 2.48. The molecular formula is C26H31NO6. The molecule has 3 aliphatic rings. The van der Waals surface area contributed by atoms with Crippen molar-refractivity contribution in [1.82, 2.24) is 4.90 Å². The van der Waals surface area contributed by atoms with E-state index in [0.29, 0.717) is 35.1 Å². The smallest absolute Gasteiger partial charge is 0.309 e. The van der Waals surface area contributed by atoms with Crippen molar-refractivity contribution in [2.75, 3.05) is 20.8 Å². The topological polar surface area (TPSA) is 88.5 Å². The van der Waals surface area contributed by atoms with E-state index in [4.69, 9.17) is 14.2 Å². The SMILES string of the molecule is COc1cc2c(cc1OC)[C@@H]1C[C@H](C[C@@H]3CCCCN31)OC(=O)C[C@@H](O)c1ccc(O)c-2c1. The second-order valence-corrected chi connectivity index (χ2v) is 9.28. The van der Waals surface area contributed by atoms with Gasteiger partial charge in [-0.2, -0.15) is 0 Å². The predicted octanol–water partition coefficient (Wildman–Crippen LogP) is 4.11. The number of hydrogen-bond donors (Lipinski definition) is 2. The summed E-state index contributed by atoms with van der Waals surface area (Å²) in [5.41, 5.74) is 3.00. The molecule has 5 rings (SSSR count). The van der Waals surface area contributed by atoms with Crippen LogP contribution in [-0.4, -0.2) is 54.0 Å². The number of aliphatic hydroxyl groups is 1. The summed E-state index contributed by atoms with van der Waals surface area (Å²) in [5.74, 6) is 0.911. The van der Waals surface area contributed by atoms with E-state index < -0.39 is 12.1 Å². The summed E-state index contributed by atoms with van der Waals surface area (Å²) in [6.45, 7) is 0.981. The summed E-state index contributed by atoms with van der Waals surface area (Å²) in [4.78, 5) is 15.2. The lowest BCUT2D eigenvalue weighted by molar-refractivity contribution is -0.157. The Kier molecular flexibility index (Phi) is 5.93. The van der Waals surface area contributed by atoms with E-state index in [1.54, 1.807) is 32.4 Å². The van der Waals surface area contributed by atoms with Crippen molar-refractivity contribution in [3.05, 3.63) is 41.5 Å². The number of methoxy groups -OCH3 is 2. The molecule has 0 unspecified atom stereocenters. The predicted molar refractivity (Wildman–Crippen MR) is 122 cm³/mol. The number of nitrogens with zero attached hydrogens (tertiary/aromatic N) is 1. The molecule has 0 radical (unpaired) electrons. The zero-order valence-corrected chi connectivity index (χ0v) is 19.1. The Balaban J connectivity index is 1.75. The highest BCUT2D eigenvalue weighted by molar-refractivity contribution is 5.78. The van der Waals surface area contributed by atoms with E-state index in [9.17, 15) is 15.0 Å². The van der Waals surface area contributed by atoms with Crippen molar-refractivity contribution in [3.63, 3.8) is 0 Å². The number of phenolic OH excluding ortho intramolecular Hbond substituents is 1. The normalized spacial score (nSPS) is 27.3. The number of aliphatic hydroxyl groups excluding tert-OH is 1. The van der Waals surface area contributed by atoms with Gasteiger partial charge in [-0.1, -0.05) is 12.5 Å². The zero-order valence-electron chi connectivity index (χ0n) is 19.1. The first kappa shape index (κ1) is 22.0. The molecule has 4 atom stereocenters. The van der Waals surface area contributed by atoms with E-state index >= 15 is 0 Å². The van der Waals surface area contributed by atoms with Gasteiger partial charge in [-0.3, -0.25) is 9.69 Å². The van der Waals surface area contributed by atoms with Crippen LogP contribution in [0.25, 0.3) is 11.1 Å². The number of carbonyl (C=O) groups is 1. The van der Waals surface area contributed by atoms with Crippen LogP contribution in [0.1, 0.15) is 61.8 Å². The van der Waals surface area contributed by atoms with Crippen molar-refractivity contribution < 1.29 is 29.2 Å². The van der Waals surface area contributed by atoms with Gasteiger partial charge in [0.2, 0.25) is 0 Å². The van der Waals surface area contributed by atoms with E-state index in [0.717, 1.165) is 43.4 Å². The maximum atomic E-state index is 12.7. The lowest BCUT2D eigenvalue weighted by Gasteiger charge is -2.48. The van der Waals surface area contributed by atoms with Crippen LogP contribution in [0.3, 0.4) is 0 Å². The van der Waals surface area contributed by atoms with Gasteiger partial charge in [-0.05, 0) is 60.3 Å². The Labute approximate surface area is 193 Å². The molecule has 2 saturated heterocycles. The monoisotopic (exact) mass is 453 g/mol. The van der Waals surface area contributed by atoms with Gasteiger partial charge in [0.05, 0.1) is 26.7 Å². The molecule has 0 spiro atoms. The summed E-state index contributed by atoms with van der Waals surface area (Å²) in [7, 11) is 3.21. The number of carbonyl (C=O) groups excluding carboxylic acids is 1. The molecule has 0 aromatic heterocycles. The van der Waals surface area contributed by atoms with Crippen molar-refractivity contribution in [2.45, 2.75) is 62.8 Å². The second kappa shape index (κ2) is 8.88. The number of ether oxygens (including phenoxy) is 3. The van der Waals surface area contributed by atoms with Crippen LogP contribution < -0.4 is 9.47 Å². The third kappa shape index (κ3) is 4.04. The maximum Gasteiger partial charge on any atom is 0.309 e. The lowest BCUT2D eigenvalue weighted by atomic mass is 9.81. The fourth-order valence-corrected chi connectivity index (χ4v) is 5.76. The summed E-state index contributed by atoms with van der Waals surface area (Å²) in [6.07, 6.45) is 3.47. The molecule has 7 heteroatoms. The van der Waals surface area contributed by atoms with Crippen LogP contribution in [0.4, 0.5) is 0 Å². The molecule has 2 aromatic rings. The second-order valence-electron chi connectivity index (χ2n) is 9.28. The average molecular weight is 454 g/mol. The van der Waals surface area contributed by atoms with Crippen LogP contribution in [0.15, 0.2) is 30.3 Å². The first-order valence-electron chi connectivity index (χ1n) is 11.7. The van der Waals surface area contributed by atoms with Gasteiger partial charge in [-0.15, -0.1) is 0 Å². The van der Waals surface area contributed by atoms with Gasteiger partial charge in [0, 0.05) is 30.5 Å². The average Bonchev–Trinajstić information content (AvgIpc) is 2.82. The van der Waals surface area contributed by atoms with Crippen molar-refractivity contribution in [3.8, 4) is 28.4 Å². The molecule has 2 aromatic carbocycles. The number of rotatable bonds is 2. The minimum absolute atomic E-state index is 0.00376. The molecule has 2 N–H and O–H groups in total. The van der Waals surface area contributed by atoms with Gasteiger partial charge in [-0.25, -0.2) is 0 Å². The fraction of sp³-hybridized carbons (Fsp3) is 0.500. The van der Waals surface area contributed by atoms with Gasteiger partial charge < -0.3 is 24.4 Å². The Morgan fingerprint density at radius 1 is 1.03 bits per heavy atom. The number of fused-ring (bicyclic) bond motifs is 9. The minimum atomic E-state index is -1.01. The molecule has 176 valence electrons. The Morgan fingerprint density at radius 2 is 1.82 bits per heavy atom. The zero-order chi connectivity index (χ0) is 23.1. The summed E-state index contributed by atoms with van der Waals surface area (Å²) in [5, 5.41) is 21.6. The molecule has 0 aliphatic carbocycles. The van der Waals surface area contributed by atoms with Gasteiger partial charge in [0.1, 0.15) is 11.9 Å². The van der Waals surface area contributed by atoms with Crippen LogP contribution in [-0.2, 0) is 9.53 Å². The number of phenols is 1. The largest absolute Gasteiger partial charge is 0.507 e. The third-order valence-electron chi connectivity index (χ3n) is 7.36. The van der Waals surface area contributed by atoms with E-state index in [1.807, 2.05) is 12.1 Å². The van der Waals surface area contributed by atoms with Crippen molar-refractivity contribution in [2.24, 2.45) is 0 Å². The van der Waals surface area contributed by atoms with Crippen LogP contribution in [0.2, 0.25) is 0 Å². The molecular weight excluding hydrogens is 422 g/mol. The molecule has 4 bridgehead atoms. The molecule has 3 heterocycles. The fourth-order valence-electron chi connectivity index (χ4n) is 5.76. The summed E-state index contributed by atoms with van der Waals surface area (Å²) < 4.78 is 17.1. The van der Waals surface area contributed by atoms with E-state index in [2.05, 4.69) is 4.90 Å². The molecule has 3 aliphatic heterocycles. The molecule has 7 nitrogen and oxygen atoms in total. The van der Waals surface area contributed by atoms with Crippen LogP contribution in [0.5, 0.6) is 17.2 Å². The molecule has 33 heavy (non-hydrogen) atoms. The molecule has 2 fully saturated rings. The quantitative estimate of drug-likeness (QED) is 0.662. The van der Waals surface area contributed by atoms with Crippen LogP contribution in [0, 0.1) is 0 Å². The standard InChI is InChI=1S/C26H31NO6/c1-31-24-12-18-19(13-25(24)32-2)21-11-17(10-16-5-3-4-8-27(16)21)33-26(30)14-23(29)15-6-7-22(28)20(18)9-15/h6-7,9,12-13,16-17,21,23,28-29H,3-5,8,10-11,14H2,1-2H3/t16-,17-,21-,23+/m0/s1. The van der Waals surface area contributed by atoms with E-state index in [-0.39, 0.29) is 24.3 Å². The van der Waals surface area contributed by atoms with Gasteiger partial charge in [0.15, 0.2) is 11.5 Å². The first-order chi connectivity index (χ1) is 16.0. The minimum Gasteiger partial charge on any atom is -0.507 e. The Hall–Kier alpha value is -2.77. The third-order valence-corrected chi connectivity index (χ3v) is 7.36. The summed E-state index contributed by atoms with van der Waals surface area (Å²) in [6, 6.07) is 9.19. The highest BCUT2D eigenvalue weighted by atomic mass is 16.5. The van der Waals surface area contributed by atoms with Gasteiger partial charge in [0.25, 0.3) is 0 Å². The van der Waals surface area contributed by atoms with Gasteiger partial charge >= 0.3 is 5.97 Å². The number of piperidine rings is 2. The molecule has 0 amide bonds. The number of hydrogen-bond acceptors (Lipinski definition) is 7. The lowest BCUT2D eigenvalue weighted by Crippen LogP contribution is -2.49. The number of esters is 1.